The van der Waals surface area contributed by atoms with Gasteiger partial charge < -0.3 is 14.3 Å². The maximum atomic E-state index is 12.5. The fourth-order valence-electron chi connectivity index (χ4n) is 3.24. The minimum absolute atomic E-state index is 0.00952. The highest BCUT2D eigenvalue weighted by atomic mass is 35.5. The van der Waals surface area contributed by atoms with E-state index in [4.69, 9.17) is 16.0 Å². The number of amides is 1. The average molecular weight is 448 g/mol. The van der Waals surface area contributed by atoms with Crippen molar-refractivity contribution < 1.29 is 9.21 Å². The molecule has 0 bridgehead atoms. The number of furan rings is 1. The van der Waals surface area contributed by atoms with Crippen LogP contribution in [0.5, 0.6) is 0 Å². The second kappa shape index (κ2) is 10.7. The van der Waals surface area contributed by atoms with Crippen LogP contribution in [0.15, 0.2) is 52.2 Å². The Hall–Kier alpha value is -2.29. The van der Waals surface area contributed by atoms with Crippen molar-refractivity contribution in [3.05, 3.63) is 53.4 Å². The van der Waals surface area contributed by atoms with Crippen LogP contribution in [-0.2, 0) is 11.8 Å². The third kappa shape index (κ3) is 5.44. The molecule has 3 aromatic rings. The molecule has 3 rings (SSSR count). The van der Waals surface area contributed by atoms with Crippen LogP contribution in [0, 0.1) is 0 Å². The van der Waals surface area contributed by atoms with Gasteiger partial charge in [0.2, 0.25) is 5.91 Å². The Bertz CT molecular complexity index is 939. The lowest BCUT2D eigenvalue weighted by Crippen LogP contribution is -2.38. The van der Waals surface area contributed by atoms with E-state index in [0.29, 0.717) is 16.7 Å². The second-order valence-corrected chi connectivity index (χ2v) is 8.10. The quantitative estimate of drug-likeness (QED) is 0.473. The van der Waals surface area contributed by atoms with E-state index in [1.54, 1.807) is 6.26 Å². The van der Waals surface area contributed by atoms with Crippen LogP contribution in [0.25, 0.3) is 11.4 Å². The fourth-order valence-corrected chi connectivity index (χ4v) is 4.10. The van der Waals surface area contributed by atoms with E-state index in [1.807, 2.05) is 48.0 Å². The average Bonchev–Trinajstić information content (AvgIpc) is 3.40. The second-order valence-electron chi connectivity index (χ2n) is 6.72. The number of benzene rings is 1. The number of hydrogen-bond donors (Lipinski definition) is 1. The molecule has 0 aliphatic heterocycles. The van der Waals surface area contributed by atoms with Gasteiger partial charge in [-0.3, -0.25) is 9.69 Å². The van der Waals surface area contributed by atoms with Gasteiger partial charge in [-0.2, -0.15) is 0 Å². The lowest BCUT2D eigenvalue weighted by Gasteiger charge is -2.28. The Kier molecular flexibility index (Phi) is 7.95. The first-order chi connectivity index (χ1) is 14.5. The van der Waals surface area contributed by atoms with Crippen molar-refractivity contribution >= 4 is 29.3 Å². The predicted octanol–water partition coefficient (Wildman–Crippen LogP) is 4.02. The van der Waals surface area contributed by atoms with Crippen LogP contribution in [0.4, 0.5) is 0 Å². The zero-order valence-electron chi connectivity index (χ0n) is 17.3. The molecule has 1 N–H and O–H groups in total. The van der Waals surface area contributed by atoms with Gasteiger partial charge in [0.05, 0.1) is 18.1 Å². The third-order valence-corrected chi connectivity index (χ3v) is 6.16. The van der Waals surface area contributed by atoms with Gasteiger partial charge in [-0.1, -0.05) is 37.2 Å². The summed E-state index contributed by atoms with van der Waals surface area (Å²) >= 11 is 7.31. The Morgan fingerprint density at radius 1 is 1.23 bits per heavy atom. The largest absolute Gasteiger partial charge is 0.468 e. The molecule has 7 nitrogen and oxygen atoms in total. The molecule has 0 fully saturated rings. The molecule has 0 aliphatic carbocycles. The molecule has 1 atom stereocenters. The zero-order chi connectivity index (χ0) is 21.5. The number of carbonyl (C=O) groups is 1. The van der Waals surface area contributed by atoms with Crippen LogP contribution >= 0.6 is 23.4 Å². The van der Waals surface area contributed by atoms with E-state index in [1.165, 1.54) is 11.8 Å². The summed E-state index contributed by atoms with van der Waals surface area (Å²) in [7, 11) is 1.89. The fraction of sp³-hybridized carbons (Fsp3) is 0.381. The molecule has 0 spiro atoms. The molecule has 160 valence electrons. The number of hydrogen-bond acceptors (Lipinski definition) is 6. The van der Waals surface area contributed by atoms with Crippen molar-refractivity contribution in [2.24, 2.45) is 7.05 Å². The van der Waals surface area contributed by atoms with Crippen molar-refractivity contribution in [2.45, 2.75) is 25.0 Å². The highest BCUT2D eigenvalue weighted by Crippen LogP contribution is 2.24. The first kappa shape index (κ1) is 22.4. The topological polar surface area (TPSA) is 76.2 Å². The van der Waals surface area contributed by atoms with E-state index < -0.39 is 0 Å². The van der Waals surface area contributed by atoms with Gasteiger partial charge in [0.15, 0.2) is 11.0 Å². The van der Waals surface area contributed by atoms with Crippen LogP contribution in [0.1, 0.15) is 25.6 Å². The van der Waals surface area contributed by atoms with Crippen molar-refractivity contribution in [2.75, 3.05) is 25.4 Å². The van der Waals surface area contributed by atoms with E-state index in [2.05, 4.69) is 34.3 Å². The molecule has 2 aromatic heterocycles. The lowest BCUT2D eigenvalue weighted by atomic mass is 10.2. The Morgan fingerprint density at radius 3 is 2.60 bits per heavy atom. The monoisotopic (exact) mass is 447 g/mol. The van der Waals surface area contributed by atoms with Crippen LogP contribution in [0.2, 0.25) is 5.02 Å². The number of halogens is 1. The molecule has 0 radical (unpaired) electrons. The van der Waals surface area contributed by atoms with Gasteiger partial charge in [-0.15, -0.1) is 10.2 Å². The van der Waals surface area contributed by atoms with E-state index in [-0.39, 0.29) is 17.7 Å². The van der Waals surface area contributed by atoms with E-state index in [9.17, 15) is 4.79 Å². The molecular formula is C21H26ClN5O2S. The van der Waals surface area contributed by atoms with Crippen molar-refractivity contribution in [1.29, 1.82) is 0 Å². The van der Waals surface area contributed by atoms with Crippen molar-refractivity contribution in [3.63, 3.8) is 0 Å². The first-order valence-corrected chi connectivity index (χ1v) is 11.2. The Balaban J connectivity index is 1.57. The summed E-state index contributed by atoms with van der Waals surface area (Å²) in [6, 6.07) is 11.3. The summed E-state index contributed by atoms with van der Waals surface area (Å²) < 4.78 is 7.46. The highest BCUT2D eigenvalue weighted by Gasteiger charge is 2.21. The number of aromatic nitrogens is 3. The molecule has 1 amide bonds. The molecule has 9 heteroatoms. The molecule has 0 aliphatic rings. The maximum Gasteiger partial charge on any atom is 0.230 e. The molecule has 0 saturated carbocycles. The number of likely N-dealkylation sites (N-methyl/N-ethyl adjacent to an activating group) is 1. The number of thioether (sulfide) groups is 1. The third-order valence-electron chi connectivity index (χ3n) is 4.89. The molecular weight excluding hydrogens is 422 g/mol. The number of nitrogens with zero attached hydrogens (tertiary/aromatic N) is 4. The molecule has 30 heavy (non-hydrogen) atoms. The first-order valence-electron chi connectivity index (χ1n) is 9.85. The molecule has 0 saturated heterocycles. The van der Waals surface area contributed by atoms with Crippen molar-refractivity contribution in [3.8, 4) is 11.4 Å². The van der Waals surface area contributed by atoms with Crippen molar-refractivity contribution in [1.82, 2.24) is 25.0 Å². The minimum atomic E-state index is -0.0558. The summed E-state index contributed by atoms with van der Waals surface area (Å²) in [6.07, 6.45) is 1.66. The van der Waals surface area contributed by atoms with Crippen LogP contribution in [-0.4, -0.2) is 51.0 Å². The smallest absolute Gasteiger partial charge is 0.230 e. The molecule has 1 aromatic carbocycles. The minimum Gasteiger partial charge on any atom is -0.468 e. The van der Waals surface area contributed by atoms with Crippen LogP contribution in [0.3, 0.4) is 0 Å². The Labute approximate surface area is 185 Å². The highest BCUT2D eigenvalue weighted by molar-refractivity contribution is 7.99. The predicted molar refractivity (Wildman–Crippen MR) is 120 cm³/mol. The standard InChI is InChI=1S/C21H26ClN5O2S/c1-4-27(5-2)17(18-7-6-12-29-18)13-23-19(28)14-30-21-25-24-20(26(21)3)15-8-10-16(22)11-9-15/h6-12,17H,4-5,13-14H2,1-3H3,(H,23,28). The van der Waals surface area contributed by atoms with Crippen LogP contribution < -0.4 is 5.32 Å². The SMILES string of the molecule is CCN(CC)C(CNC(=O)CSc1nnc(-c2ccc(Cl)cc2)n1C)c1ccco1. The maximum absolute atomic E-state index is 12.5. The number of rotatable bonds is 10. The van der Waals surface area contributed by atoms with E-state index in [0.717, 1.165) is 30.2 Å². The summed E-state index contributed by atoms with van der Waals surface area (Å²) in [5, 5.41) is 12.8. The van der Waals surface area contributed by atoms with Gasteiger partial charge in [0.1, 0.15) is 5.76 Å². The molecule has 2 heterocycles. The van der Waals surface area contributed by atoms with Gasteiger partial charge in [0, 0.05) is 24.2 Å². The zero-order valence-corrected chi connectivity index (χ0v) is 18.9. The molecule has 1 unspecified atom stereocenters. The van der Waals surface area contributed by atoms with E-state index >= 15 is 0 Å². The lowest BCUT2D eigenvalue weighted by molar-refractivity contribution is -0.118. The van der Waals surface area contributed by atoms with Gasteiger partial charge >= 0.3 is 0 Å². The summed E-state index contributed by atoms with van der Waals surface area (Å²) in [5.41, 5.74) is 0.922. The summed E-state index contributed by atoms with van der Waals surface area (Å²) in [6.45, 7) is 6.44. The summed E-state index contributed by atoms with van der Waals surface area (Å²) in [5.74, 6) is 1.79. The normalized spacial score (nSPS) is 12.3. The Morgan fingerprint density at radius 2 is 1.97 bits per heavy atom. The van der Waals surface area contributed by atoms with Gasteiger partial charge in [-0.25, -0.2) is 0 Å². The number of carbonyl (C=O) groups excluding carboxylic acids is 1. The number of nitrogens with one attached hydrogen (secondary N) is 1. The summed E-state index contributed by atoms with van der Waals surface area (Å²) in [4.78, 5) is 14.7. The van der Waals surface area contributed by atoms with Gasteiger partial charge in [0.25, 0.3) is 0 Å². The van der Waals surface area contributed by atoms with Gasteiger partial charge in [-0.05, 0) is 49.5 Å².